The van der Waals surface area contributed by atoms with Gasteiger partial charge in [-0.1, -0.05) is 43.6 Å². The van der Waals surface area contributed by atoms with Gasteiger partial charge in [0.2, 0.25) is 0 Å². The van der Waals surface area contributed by atoms with Crippen LogP contribution >= 0.6 is 11.6 Å². The van der Waals surface area contributed by atoms with E-state index in [4.69, 9.17) is 21.1 Å². The van der Waals surface area contributed by atoms with Gasteiger partial charge in [-0.2, -0.15) is 0 Å². The Kier molecular flexibility index (Phi) is 10.3. The van der Waals surface area contributed by atoms with Gasteiger partial charge in [0.05, 0.1) is 7.11 Å². The van der Waals surface area contributed by atoms with Crippen LogP contribution < -0.4 is 14.8 Å². The molecule has 0 saturated heterocycles. The molecule has 0 aromatic heterocycles. The molecule has 5 nitrogen and oxygen atoms in total. The third kappa shape index (κ3) is 8.23. The lowest BCUT2D eigenvalue weighted by atomic mass is 10.1. The van der Waals surface area contributed by atoms with Crippen LogP contribution in [-0.2, 0) is 13.0 Å². The van der Waals surface area contributed by atoms with Crippen LogP contribution in [0.3, 0.4) is 0 Å². The van der Waals surface area contributed by atoms with Gasteiger partial charge in [0.15, 0.2) is 11.5 Å². The van der Waals surface area contributed by atoms with E-state index in [-0.39, 0.29) is 6.61 Å². The fourth-order valence-electron chi connectivity index (χ4n) is 3.08. The minimum atomic E-state index is -0.534. The molecular formula is C23H33ClN2O3. The zero-order chi connectivity index (χ0) is 21.1. The smallest absolute Gasteiger partial charge is 0.161 e. The van der Waals surface area contributed by atoms with Gasteiger partial charge in [0, 0.05) is 18.1 Å². The van der Waals surface area contributed by atoms with Gasteiger partial charge in [-0.15, -0.1) is 0 Å². The van der Waals surface area contributed by atoms with Gasteiger partial charge in [-0.25, -0.2) is 0 Å². The summed E-state index contributed by atoms with van der Waals surface area (Å²) in [5.41, 5.74) is 2.38. The predicted molar refractivity (Wildman–Crippen MR) is 119 cm³/mol. The maximum Gasteiger partial charge on any atom is 0.161 e. The highest BCUT2D eigenvalue weighted by Crippen LogP contribution is 2.28. The zero-order valence-corrected chi connectivity index (χ0v) is 18.4. The van der Waals surface area contributed by atoms with Crippen LogP contribution in [0.2, 0.25) is 5.02 Å². The van der Waals surface area contributed by atoms with E-state index in [1.54, 1.807) is 7.11 Å². The minimum Gasteiger partial charge on any atom is -0.493 e. The largest absolute Gasteiger partial charge is 0.493 e. The molecule has 29 heavy (non-hydrogen) atoms. The van der Waals surface area contributed by atoms with Crippen molar-refractivity contribution in [2.45, 2.75) is 32.9 Å². The summed E-state index contributed by atoms with van der Waals surface area (Å²) in [5.74, 6) is 1.33. The summed E-state index contributed by atoms with van der Waals surface area (Å²) in [5, 5.41) is 14.4. The number of hydrogen-bond donors (Lipinski definition) is 2. The third-order valence-corrected chi connectivity index (χ3v) is 5.11. The Bertz CT molecular complexity index is 721. The van der Waals surface area contributed by atoms with Crippen molar-refractivity contribution in [2.24, 2.45) is 0 Å². The van der Waals surface area contributed by atoms with Crippen molar-refractivity contribution in [3.05, 3.63) is 58.6 Å². The van der Waals surface area contributed by atoms with Crippen molar-refractivity contribution in [1.82, 2.24) is 10.2 Å². The van der Waals surface area contributed by atoms with Gasteiger partial charge in [-0.05, 0) is 61.4 Å². The first-order chi connectivity index (χ1) is 14.0. The van der Waals surface area contributed by atoms with E-state index in [1.165, 1.54) is 5.56 Å². The minimum absolute atomic E-state index is 0.242. The average molecular weight is 421 g/mol. The maximum atomic E-state index is 10.2. The number of aliphatic hydroxyl groups is 1. The van der Waals surface area contributed by atoms with Crippen LogP contribution in [0, 0.1) is 0 Å². The van der Waals surface area contributed by atoms with Gasteiger partial charge >= 0.3 is 0 Å². The molecule has 1 atom stereocenters. The number of likely N-dealkylation sites (N-methyl/N-ethyl adjacent to an activating group) is 1. The molecule has 0 fully saturated rings. The maximum absolute atomic E-state index is 10.2. The monoisotopic (exact) mass is 420 g/mol. The molecule has 2 aromatic rings. The molecule has 0 unspecified atom stereocenters. The highest BCUT2D eigenvalue weighted by Gasteiger charge is 2.12. The normalized spacial score (nSPS) is 12.2. The second-order valence-electron chi connectivity index (χ2n) is 6.99. The highest BCUT2D eigenvalue weighted by molar-refractivity contribution is 6.30. The number of aliphatic hydroxyl groups excluding tert-OH is 1. The molecule has 0 bridgehead atoms. The molecule has 0 heterocycles. The SMILES string of the molecule is CCN(CC)C[C@H](O)COc1ccc(CNCCc2ccc(Cl)cc2)cc1OC. The van der Waals surface area contributed by atoms with E-state index in [1.807, 2.05) is 42.5 Å². The fourth-order valence-corrected chi connectivity index (χ4v) is 3.20. The van der Waals surface area contributed by atoms with Crippen LogP contribution in [0.4, 0.5) is 0 Å². The molecule has 0 aliphatic heterocycles. The van der Waals surface area contributed by atoms with Crippen LogP contribution in [0.5, 0.6) is 11.5 Å². The number of benzene rings is 2. The number of nitrogens with zero attached hydrogens (tertiary/aromatic N) is 1. The van der Waals surface area contributed by atoms with Gasteiger partial charge < -0.3 is 24.8 Å². The van der Waals surface area contributed by atoms with Crippen molar-refractivity contribution >= 4 is 11.6 Å². The Morgan fingerprint density at radius 1 is 1.03 bits per heavy atom. The number of nitrogens with one attached hydrogen (secondary N) is 1. The highest BCUT2D eigenvalue weighted by atomic mass is 35.5. The summed E-state index contributed by atoms with van der Waals surface area (Å²) in [6, 6.07) is 13.8. The number of ether oxygens (including phenoxy) is 2. The van der Waals surface area contributed by atoms with E-state index in [0.29, 0.717) is 18.0 Å². The molecule has 0 aliphatic rings. The van der Waals surface area contributed by atoms with Crippen LogP contribution in [0.15, 0.2) is 42.5 Å². The molecule has 2 N–H and O–H groups in total. The van der Waals surface area contributed by atoms with Crippen molar-refractivity contribution < 1.29 is 14.6 Å². The van der Waals surface area contributed by atoms with E-state index in [9.17, 15) is 5.11 Å². The first-order valence-corrected chi connectivity index (χ1v) is 10.6. The zero-order valence-electron chi connectivity index (χ0n) is 17.7. The summed E-state index contributed by atoms with van der Waals surface area (Å²) in [7, 11) is 1.63. The summed E-state index contributed by atoms with van der Waals surface area (Å²) in [6.45, 7) is 8.46. The quantitative estimate of drug-likeness (QED) is 0.483. The molecule has 0 saturated carbocycles. The predicted octanol–water partition coefficient (Wildman–Crippen LogP) is 3.76. The number of hydrogen-bond acceptors (Lipinski definition) is 5. The van der Waals surface area contributed by atoms with Crippen molar-refractivity contribution in [3.63, 3.8) is 0 Å². The Morgan fingerprint density at radius 3 is 2.38 bits per heavy atom. The Balaban J connectivity index is 1.80. The van der Waals surface area contributed by atoms with E-state index < -0.39 is 6.10 Å². The first kappa shape index (κ1) is 23.5. The summed E-state index contributed by atoms with van der Waals surface area (Å²) in [6.07, 6.45) is 0.411. The Labute approximate surface area is 179 Å². The molecular weight excluding hydrogens is 388 g/mol. The van der Waals surface area contributed by atoms with Gasteiger partial charge in [0.1, 0.15) is 12.7 Å². The average Bonchev–Trinajstić information content (AvgIpc) is 2.75. The lowest BCUT2D eigenvalue weighted by Crippen LogP contribution is -2.35. The summed E-state index contributed by atoms with van der Waals surface area (Å²) in [4.78, 5) is 2.17. The van der Waals surface area contributed by atoms with E-state index in [2.05, 4.69) is 24.1 Å². The number of rotatable bonds is 13. The fraction of sp³-hybridized carbons (Fsp3) is 0.478. The number of halogens is 1. The second-order valence-corrected chi connectivity index (χ2v) is 7.43. The topological polar surface area (TPSA) is 54.0 Å². The van der Waals surface area contributed by atoms with Crippen LogP contribution in [0.25, 0.3) is 0 Å². The molecule has 0 aliphatic carbocycles. The molecule has 0 spiro atoms. The van der Waals surface area contributed by atoms with E-state index in [0.717, 1.165) is 43.2 Å². The van der Waals surface area contributed by atoms with Crippen LogP contribution in [-0.4, -0.2) is 56.0 Å². The molecule has 2 aromatic carbocycles. The molecule has 2 rings (SSSR count). The molecule has 6 heteroatoms. The molecule has 160 valence electrons. The van der Waals surface area contributed by atoms with Gasteiger partial charge in [0.25, 0.3) is 0 Å². The summed E-state index contributed by atoms with van der Waals surface area (Å²) < 4.78 is 11.3. The standard InChI is InChI=1S/C23H33ClN2O3/c1-4-26(5-2)16-21(27)17-29-22-11-8-19(14-23(22)28-3)15-25-13-12-18-6-9-20(24)10-7-18/h6-11,14,21,25,27H,4-5,12-13,15-17H2,1-3H3/t21-/m0/s1. The first-order valence-electron chi connectivity index (χ1n) is 10.2. The Hall–Kier alpha value is -1.79. The summed E-state index contributed by atoms with van der Waals surface area (Å²) >= 11 is 5.92. The van der Waals surface area contributed by atoms with Crippen molar-refractivity contribution in [2.75, 3.05) is 39.9 Å². The number of methoxy groups -OCH3 is 1. The van der Waals surface area contributed by atoms with Crippen LogP contribution in [0.1, 0.15) is 25.0 Å². The Morgan fingerprint density at radius 2 is 1.72 bits per heavy atom. The lowest BCUT2D eigenvalue weighted by molar-refractivity contribution is 0.0705. The molecule has 0 radical (unpaired) electrons. The molecule has 0 amide bonds. The van der Waals surface area contributed by atoms with Crippen molar-refractivity contribution in [3.8, 4) is 11.5 Å². The third-order valence-electron chi connectivity index (χ3n) is 4.86. The van der Waals surface area contributed by atoms with E-state index >= 15 is 0 Å². The van der Waals surface area contributed by atoms with Crippen molar-refractivity contribution in [1.29, 1.82) is 0 Å². The second kappa shape index (κ2) is 12.7. The lowest BCUT2D eigenvalue weighted by Gasteiger charge is -2.22. The van der Waals surface area contributed by atoms with Gasteiger partial charge in [-0.3, -0.25) is 0 Å².